The maximum absolute atomic E-state index is 14.4. The first-order valence-corrected chi connectivity index (χ1v) is 16.7. The molecule has 1 amide bonds. The highest BCUT2D eigenvalue weighted by Crippen LogP contribution is 2.44. The Kier molecular flexibility index (Phi) is 11.9. The molecule has 0 radical (unpaired) electrons. The van der Waals surface area contributed by atoms with Crippen LogP contribution in [0.4, 0.5) is 0 Å². The fourth-order valence-corrected chi connectivity index (χ4v) is 5.84. The van der Waals surface area contributed by atoms with Gasteiger partial charge in [0.2, 0.25) is 5.90 Å². The predicted molar refractivity (Wildman–Crippen MR) is 184 cm³/mol. The van der Waals surface area contributed by atoms with E-state index in [0.717, 1.165) is 29.8 Å². The van der Waals surface area contributed by atoms with Crippen molar-refractivity contribution in [1.29, 1.82) is 0 Å². The molecule has 0 saturated carbocycles. The summed E-state index contributed by atoms with van der Waals surface area (Å²) in [7, 11) is 0. The second kappa shape index (κ2) is 16.2. The van der Waals surface area contributed by atoms with E-state index in [1.807, 2.05) is 99.6 Å². The molecule has 0 unspecified atom stereocenters. The standard InChI is InChI=1S/C38H47N3O7/c1-37(2,3)48-33(43)18-19-38(36(44)39-20-21-41-22-26-45-27-23-41)34(30-12-10-29(11-13-30)28-8-5-4-6-9-28)47-35(40-38)31-14-16-32(17-15-31)46-25-7-24-42/h4-6,8-17,34,42H,7,18-27H2,1-3H3,(H,39,44)/t34-,38-/m1/s1. The summed E-state index contributed by atoms with van der Waals surface area (Å²) in [5.41, 5.74) is 1.44. The van der Waals surface area contributed by atoms with E-state index in [1.165, 1.54) is 0 Å². The topological polar surface area (TPSA) is 119 Å². The molecule has 48 heavy (non-hydrogen) atoms. The number of amides is 1. The Bertz CT molecular complexity index is 1510. The van der Waals surface area contributed by atoms with Gasteiger partial charge in [0.1, 0.15) is 11.4 Å². The van der Waals surface area contributed by atoms with Gasteiger partial charge < -0.3 is 29.4 Å². The van der Waals surface area contributed by atoms with E-state index in [1.54, 1.807) is 0 Å². The van der Waals surface area contributed by atoms with E-state index in [-0.39, 0.29) is 25.4 Å². The number of carbonyl (C=O) groups is 2. The lowest BCUT2D eigenvalue weighted by molar-refractivity contribution is -0.155. The van der Waals surface area contributed by atoms with Crippen LogP contribution >= 0.6 is 0 Å². The minimum atomic E-state index is -1.44. The molecule has 0 spiro atoms. The molecule has 0 bridgehead atoms. The van der Waals surface area contributed by atoms with E-state index in [2.05, 4.69) is 10.2 Å². The molecule has 2 aliphatic rings. The normalized spacial score (nSPS) is 19.7. The molecule has 0 aliphatic carbocycles. The van der Waals surface area contributed by atoms with Crippen LogP contribution in [-0.4, -0.2) is 91.5 Å². The fraction of sp³-hybridized carbons (Fsp3) is 0.447. The first-order chi connectivity index (χ1) is 23.2. The Hall–Kier alpha value is -4.25. The largest absolute Gasteiger partial charge is 0.494 e. The minimum absolute atomic E-state index is 0.0233. The highest BCUT2D eigenvalue weighted by atomic mass is 16.6. The molecule has 0 aromatic heterocycles. The summed E-state index contributed by atoms with van der Waals surface area (Å²) in [5.74, 6) is 0.238. The number of carbonyl (C=O) groups excluding carboxylic acids is 2. The molecule has 1 fully saturated rings. The number of hydrogen-bond donors (Lipinski definition) is 2. The zero-order valence-corrected chi connectivity index (χ0v) is 28.2. The monoisotopic (exact) mass is 657 g/mol. The summed E-state index contributed by atoms with van der Waals surface area (Å²) in [4.78, 5) is 34.8. The van der Waals surface area contributed by atoms with E-state index >= 15 is 0 Å². The molecule has 10 nitrogen and oxygen atoms in total. The first-order valence-electron chi connectivity index (χ1n) is 16.7. The number of aliphatic imine (C=N–C) groups is 1. The van der Waals surface area contributed by atoms with Gasteiger partial charge >= 0.3 is 5.97 Å². The van der Waals surface area contributed by atoms with Gasteiger partial charge in [-0.05, 0) is 68.1 Å². The van der Waals surface area contributed by atoms with Crippen molar-refractivity contribution < 1.29 is 33.6 Å². The zero-order chi connectivity index (χ0) is 34.0. The molecule has 2 heterocycles. The predicted octanol–water partition coefficient (Wildman–Crippen LogP) is 4.94. The number of aliphatic hydroxyl groups excluding tert-OH is 1. The lowest BCUT2D eigenvalue weighted by Crippen LogP contribution is -2.50. The van der Waals surface area contributed by atoms with Crippen LogP contribution in [0, 0.1) is 0 Å². The summed E-state index contributed by atoms with van der Waals surface area (Å²) < 4.78 is 23.5. The third-order valence-electron chi connectivity index (χ3n) is 8.30. The molecule has 2 aliphatic heterocycles. The number of ether oxygens (including phenoxy) is 4. The number of nitrogens with zero attached hydrogens (tertiary/aromatic N) is 2. The van der Waals surface area contributed by atoms with E-state index in [4.69, 9.17) is 29.0 Å². The minimum Gasteiger partial charge on any atom is -0.494 e. The van der Waals surface area contributed by atoms with E-state index in [9.17, 15) is 9.59 Å². The van der Waals surface area contributed by atoms with Crippen LogP contribution in [0.3, 0.4) is 0 Å². The number of morpholine rings is 1. The van der Waals surface area contributed by atoms with Crippen LogP contribution in [0.1, 0.15) is 57.3 Å². The Morgan fingerprint density at radius 1 is 0.958 bits per heavy atom. The van der Waals surface area contributed by atoms with Crippen LogP contribution in [0.5, 0.6) is 5.75 Å². The van der Waals surface area contributed by atoms with Crippen LogP contribution < -0.4 is 10.1 Å². The lowest BCUT2D eigenvalue weighted by Gasteiger charge is -2.32. The van der Waals surface area contributed by atoms with Crippen molar-refractivity contribution in [2.75, 3.05) is 52.6 Å². The molecule has 256 valence electrons. The van der Waals surface area contributed by atoms with Gasteiger partial charge in [0.25, 0.3) is 5.91 Å². The van der Waals surface area contributed by atoms with Crippen molar-refractivity contribution in [3.63, 3.8) is 0 Å². The van der Waals surface area contributed by atoms with Gasteiger partial charge in [-0.2, -0.15) is 0 Å². The summed E-state index contributed by atoms with van der Waals surface area (Å²) in [6.07, 6.45) is -0.209. The quantitative estimate of drug-likeness (QED) is 0.185. The maximum atomic E-state index is 14.4. The summed E-state index contributed by atoms with van der Waals surface area (Å²) in [5, 5.41) is 12.2. The van der Waals surface area contributed by atoms with Gasteiger partial charge in [0.15, 0.2) is 11.6 Å². The van der Waals surface area contributed by atoms with Crippen LogP contribution in [-0.2, 0) is 23.8 Å². The lowest BCUT2D eigenvalue weighted by atomic mass is 9.83. The molecule has 3 aromatic carbocycles. The first kappa shape index (κ1) is 35.1. The SMILES string of the molecule is CC(C)(C)OC(=O)CC[C@@]1(C(=O)NCCN2CCOCC2)N=C(c2ccc(OCCCO)cc2)O[C@@H]1c1ccc(-c2ccccc2)cc1. The van der Waals surface area contributed by atoms with Crippen LogP contribution in [0.15, 0.2) is 83.9 Å². The molecule has 3 aromatic rings. The van der Waals surface area contributed by atoms with E-state index < -0.39 is 23.2 Å². The average molecular weight is 658 g/mol. The number of hydrogen-bond acceptors (Lipinski definition) is 9. The van der Waals surface area contributed by atoms with Crippen molar-refractivity contribution in [3.8, 4) is 16.9 Å². The second-order valence-corrected chi connectivity index (χ2v) is 13.1. The number of esters is 1. The Balaban J connectivity index is 1.48. The van der Waals surface area contributed by atoms with Gasteiger partial charge in [-0.1, -0.05) is 54.6 Å². The van der Waals surface area contributed by atoms with Crippen molar-refractivity contribution in [2.45, 2.75) is 57.3 Å². The summed E-state index contributed by atoms with van der Waals surface area (Å²) in [6.45, 7) is 9.95. The molecule has 2 atom stereocenters. The second-order valence-electron chi connectivity index (χ2n) is 13.1. The number of nitrogens with one attached hydrogen (secondary N) is 1. The number of benzene rings is 3. The maximum Gasteiger partial charge on any atom is 0.306 e. The van der Waals surface area contributed by atoms with Crippen molar-refractivity contribution in [2.24, 2.45) is 4.99 Å². The Morgan fingerprint density at radius 2 is 1.62 bits per heavy atom. The number of aliphatic hydroxyl groups is 1. The van der Waals surface area contributed by atoms with Gasteiger partial charge in [-0.3, -0.25) is 14.5 Å². The molecule has 5 rings (SSSR count). The van der Waals surface area contributed by atoms with Gasteiger partial charge in [-0.25, -0.2) is 4.99 Å². The van der Waals surface area contributed by atoms with Gasteiger partial charge in [-0.15, -0.1) is 0 Å². The van der Waals surface area contributed by atoms with Crippen molar-refractivity contribution in [1.82, 2.24) is 10.2 Å². The Labute approximate surface area is 283 Å². The average Bonchev–Trinajstić information content (AvgIpc) is 3.49. The van der Waals surface area contributed by atoms with Gasteiger partial charge in [0, 0.05) is 51.2 Å². The van der Waals surface area contributed by atoms with Crippen LogP contribution in [0.2, 0.25) is 0 Å². The highest BCUT2D eigenvalue weighted by molar-refractivity contribution is 6.01. The van der Waals surface area contributed by atoms with Gasteiger partial charge in [0.05, 0.1) is 19.8 Å². The third-order valence-corrected chi connectivity index (χ3v) is 8.30. The highest BCUT2D eigenvalue weighted by Gasteiger charge is 2.53. The smallest absolute Gasteiger partial charge is 0.306 e. The molecule has 2 N–H and O–H groups in total. The molecular weight excluding hydrogens is 610 g/mol. The molecule has 1 saturated heterocycles. The summed E-state index contributed by atoms with van der Waals surface area (Å²) >= 11 is 0. The van der Waals surface area contributed by atoms with Crippen molar-refractivity contribution in [3.05, 3.63) is 90.0 Å². The zero-order valence-electron chi connectivity index (χ0n) is 28.2. The van der Waals surface area contributed by atoms with Crippen LogP contribution in [0.25, 0.3) is 11.1 Å². The fourth-order valence-electron chi connectivity index (χ4n) is 5.84. The van der Waals surface area contributed by atoms with Crippen molar-refractivity contribution >= 4 is 17.8 Å². The molecular formula is C38H47N3O7. The van der Waals surface area contributed by atoms with E-state index in [0.29, 0.717) is 56.5 Å². The third kappa shape index (κ3) is 9.21. The Morgan fingerprint density at radius 3 is 2.29 bits per heavy atom. The molecule has 10 heteroatoms. The summed E-state index contributed by atoms with van der Waals surface area (Å²) in [6, 6.07) is 25.3. The number of rotatable bonds is 14.